The Morgan fingerprint density at radius 3 is 2.59 bits per heavy atom. The predicted molar refractivity (Wildman–Crippen MR) is 125 cm³/mol. The van der Waals surface area contributed by atoms with Gasteiger partial charge in [-0.2, -0.15) is 5.26 Å². The monoisotopic (exact) mass is 511 g/mol. The predicted octanol–water partition coefficient (Wildman–Crippen LogP) is 5.23. The number of amides is 1. The number of hydrogen-bond donors (Lipinski definition) is 2. The standard InChI is InChI=1S/C23H18BrN3O4S/c24-17-4-6-18(7-5-17)31-10-1-11-32-21-9-3-16(14-26-21)22(28)27-20-8-2-15(13-25)12-19(20)23(29)30/h2-9,12,14H,1,10-11H2,(H,27,28)(H,29,30). The second-order valence-corrected chi connectivity index (χ2v) is 8.55. The third-order valence-electron chi connectivity index (χ3n) is 4.25. The van der Waals surface area contributed by atoms with E-state index in [2.05, 4.69) is 26.2 Å². The van der Waals surface area contributed by atoms with Crippen molar-refractivity contribution in [2.45, 2.75) is 11.4 Å². The first-order valence-electron chi connectivity index (χ1n) is 9.52. The van der Waals surface area contributed by atoms with Crippen LogP contribution in [0.2, 0.25) is 0 Å². The summed E-state index contributed by atoms with van der Waals surface area (Å²) >= 11 is 4.94. The van der Waals surface area contributed by atoms with Crippen LogP contribution < -0.4 is 10.1 Å². The molecule has 0 atom stereocenters. The van der Waals surface area contributed by atoms with Crippen LogP contribution in [0.25, 0.3) is 0 Å². The number of carboxylic acids is 1. The Bertz CT molecular complexity index is 1150. The Balaban J connectivity index is 1.50. The Morgan fingerprint density at radius 1 is 1.16 bits per heavy atom. The molecule has 162 valence electrons. The number of nitrogens with one attached hydrogen (secondary N) is 1. The zero-order chi connectivity index (χ0) is 22.9. The Hall–Kier alpha value is -3.35. The zero-order valence-electron chi connectivity index (χ0n) is 16.7. The van der Waals surface area contributed by atoms with E-state index in [-0.39, 0.29) is 16.8 Å². The van der Waals surface area contributed by atoms with Gasteiger partial charge < -0.3 is 15.2 Å². The Kier molecular flexibility index (Phi) is 8.25. The molecule has 0 aliphatic rings. The second kappa shape index (κ2) is 11.3. The van der Waals surface area contributed by atoms with Crippen LogP contribution >= 0.6 is 27.7 Å². The number of aromatic nitrogens is 1. The van der Waals surface area contributed by atoms with Crippen molar-refractivity contribution in [3.05, 3.63) is 82.0 Å². The molecule has 0 aliphatic carbocycles. The number of nitriles is 1. The van der Waals surface area contributed by atoms with Crippen molar-refractivity contribution in [1.82, 2.24) is 4.98 Å². The van der Waals surface area contributed by atoms with Crippen molar-refractivity contribution in [3.8, 4) is 11.8 Å². The minimum Gasteiger partial charge on any atom is -0.494 e. The summed E-state index contributed by atoms with van der Waals surface area (Å²) in [6.45, 7) is 0.589. The highest BCUT2D eigenvalue weighted by Crippen LogP contribution is 2.21. The lowest BCUT2D eigenvalue weighted by Crippen LogP contribution is -2.15. The molecule has 0 fully saturated rings. The molecule has 7 nitrogen and oxygen atoms in total. The van der Waals surface area contributed by atoms with Gasteiger partial charge in [-0.15, -0.1) is 11.8 Å². The van der Waals surface area contributed by atoms with Gasteiger partial charge in [-0.05, 0) is 61.0 Å². The number of nitrogens with zero attached hydrogens (tertiary/aromatic N) is 2. The van der Waals surface area contributed by atoms with Gasteiger partial charge in [-0.3, -0.25) is 4.79 Å². The SMILES string of the molecule is N#Cc1ccc(NC(=O)c2ccc(SCCCOc3ccc(Br)cc3)nc2)c(C(=O)O)c1. The van der Waals surface area contributed by atoms with Gasteiger partial charge in [0, 0.05) is 16.4 Å². The lowest BCUT2D eigenvalue weighted by molar-refractivity contribution is 0.0698. The van der Waals surface area contributed by atoms with Gasteiger partial charge >= 0.3 is 5.97 Å². The molecule has 0 saturated carbocycles. The van der Waals surface area contributed by atoms with Crippen LogP contribution in [0.4, 0.5) is 5.69 Å². The second-order valence-electron chi connectivity index (χ2n) is 6.52. The molecular weight excluding hydrogens is 494 g/mol. The average molecular weight is 512 g/mol. The van der Waals surface area contributed by atoms with E-state index in [9.17, 15) is 14.7 Å². The van der Waals surface area contributed by atoms with E-state index < -0.39 is 11.9 Å². The third kappa shape index (κ3) is 6.57. The molecule has 0 unspecified atom stereocenters. The summed E-state index contributed by atoms with van der Waals surface area (Å²) in [6, 6.07) is 17.0. The number of benzene rings is 2. The Morgan fingerprint density at radius 2 is 1.94 bits per heavy atom. The van der Waals surface area contributed by atoms with Crippen LogP contribution in [-0.4, -0.2) is 34.3 Å². The van der Waals surface area contributed by atoms with Gasteiger partial charge in [-0.25, -0.2) is 9.78 Å². The highest BCUT2D eigenvalue weighted by atomic mass is 79.9. The van der Waals surface area contributed by atoms with Gasteiger partial charge in [0.25, 0.3) is 5.91 Å². The molecule has 0 saturated heterocycles. The summed E-state index contributed by atoms with van der Waals surface area (Å²) in [7, 11) is 0. The van der Waals surface area contributed by atoms with Crippen LogP contribution in [0.1, 0.15) is 32.7 Å². The summed E-state index contributed by atoms with van der Waals surface area (Å²) in [5, 5.41) is 21.6. The summed E-state index contributed by atoms with van der Waals surface area (Å²) in [6.07, 6.45) is 2.28. The molecule has 0 spiro atoms. The number of ether oxygens (including phenoxy) is 1. The molecule has 1 aromatic heterocycles. The number of carboxylic acid groups (broad SMARTS) is 1. The summed E-state index contributed by atoms with van der Waals surface area (Å²) in [5.41, 5.74) is 0.466. The average Bonchev–Trinajstić information content (AvgIpc) is 2.80. The minimum absolute atomic E-state index is 0.116. The molecule has 0 radical (unpaired) electrons. The highest BCUT2D eigenvalue weighted by molar-refractivity contribution is 9.10. The molecule has 32 heavy (non-hydrogen) atoms. The van der Waals surface area contributed by atoms with Gasteiger partial charge in [-0.1, -0.05) is 15.9 Å². The van der Waals surface area contributed by atoms with Crippen molar-refractivity contribution in [1.29, 1.82) is 5.26 Å². The normalized spacial score (nSPS) is 10.2. The quantitative estimate of drug-likeness (QED) is 0.298. The van der Waals surface area contributed by atoms with E-state index in [0.717, 1.165) is 27.4 Å². The van der Waals surface area contributed by atoms with Crippen LogP contribution in [-0.2, 0) is 0 Å². The maximum absolute atomic E-state index is 12.5. The fraction of sp³-hybridized carbons (Fsp3) is 0.130. The molecule has 2 N–H and O–H groups in total. The van der Waals surface area contributed by atoms with E-state index >= 15 is 0 Å². The number of halogens is 1. The first kappa shape index (κ1) is 23.3. The third-order valence-corrected chi connectivity index (χ3v) is 5.81. The Labute approximate surface area is 197 Å². The van der Waals surface area contributed by atoms with Crippen molar-refractivity contribution in [2.75, 3.05) is 17.7 Å². The number of anilines is 1. The number of hydrogen-bond acceptors (Lipinski definition) is 6. The fourth-order valence-electron chi connectivity index (χ4n) is 2.65. The van der Waals surface area contributed by atoms with Gasteiger partial charge in [0.05, 0.1) is 40.1 Å². The molecule has 0 bridgehead atoms. The molecule has 3 aromatic rings. The van der Waals surface area contributed by atoms with Gasteiger partial charge in [0.2, 0.25) is 0 Å². The molecule has 9 heteroatoms. The molecule has 2 aromatic carbocycles. The largest absolute Gasteiger partial charge is 0.494 e. The summed E-state index contributed by atoms with van der Waals surface area (Å²) < 4.78 is 6.68. The topological polar surface area (TPSA) is 112 Å². The molecule has 0 aliphatic heterocycles. The summed E-state index contributed by atoms with van der Waals surface area (Å²) in [5.74, 6) is -0.0852. The van der Waals surface area contributed by atoms with Crippen molar-refractivity contribution in [2.24, 2.45) is 0 Å². The number of aromatic carboxylic acids is 1. The van der Waals surface area contributed by atoms with Crippen molar-refractivity contribution < 1.29 is 19.4 Å². The number of pyridine rings is 1. The number of thioether (sulfide) groups is 1. The molecular formula is C23H18BrN3O4S. The van der Waals surface area contributed by atoms with Crippen LogP contribution in [0.15, 0.2) is 70.3 Å². The number of rotatable bonds is 9. The number of carbonyl (C=O) groups excluding carboxylic acids is 1. The van der Waals surface area contributed by atoms with Crippen LogP contribution in [0, 0.1) is 11.3 Å². The summed E-state index contributed by atoms with van der Waals surface area (Å²) in [4.78, 5) is 28.2. The molecule has 1 amide bonds. The number of carbonyl (C=O) groups is 2. The van der Waals surface area contributed by atoms with Crippen molar-refractivity contribution >= 4 is 45.3 Å². The van der Waals surface area contributed by atoms with E-state index in [0.29, 0.717) is 12.2 Å². The molecule has 3 rings (SSSR count). The van der Waals surface area contributed by atoms with E-state index in [1.807, 2.05) is 30.3 Å². The van der Waals surface area contributed by atoms with Crippen LogP contribution in [0.5, 0.6) is 5.75 Å². The minimum atomic E-state index is -1.23. The first-order chi connectivity index (χ1) is 15.5. The van der Waals surface area contributed by atoms with E-state index in [1.165, 1.54) is 24.4 Å². The van der Waals surface area contributed by atoms with Gasteiger partial charge in [0.1, 0.15) is 5.75 Å². The fourth-order valence-corrected chi connectivity index (χ4v) is 3.68. The highest BCUT2D eigenvalue weighted by Gasteiger charge is 2.15. The maximum Gasteiger partial charge on any atom is 0.337 e. The van der Waals surface area contributed by atoms with Crippen molar-refractivity contribution in [3.63, 3.8) is 0 Å². The zero-order valence-corrected chi connectivity index (χ0v) is 19.1. The first-order valence-corrected chi connectivity index (χ1v) is 11.3. The molecule has 1 heterocycles. The smallest absolute Gasteiger partial charge is 0.337 e. The van der Waals surface area contributed by atoms with E-state index in [1.54, 1.807) is 23.9 Å². The maximum atomic E-state index is 12.5. The van der Waals surface area contributed by atoms with Gasteiger partial charge in [0.15, 0.2) is 0 Å². The lowest BCUT2D eigenvalue weighted by atomic mass is 10.1. The lowest BCUT2D eigenvalue weighted by Gasteiger charge is -2.09. The van der Waals surface area contributed by atoms with E-state index in [4.69, 9.17) is 10.00 Å². The van der Waals surface area contributed by atoms with Crippen LogP contribution in [0.3, 0.4) is 0 Å².